The van der Waals surface area contributed by atoms with Gasteiger partial charge in [0, 0.05) is 23.7 Å². The van der Waals surface area contributed by atoms with E-state index in [4.69, 9.17) is 11.6 Å². The summed E-state index contributed by atoms with van der Waals surface area (Å²) in [6.07, 6.45) is 1.48. The Labute approximate surface area is 135 Å². The molecule has 2 aromatic carbocycles. The molecule has 4 heteroatoms. The lowest BCUT2D eigenvalue weighted by atomic mass is 9.93. The van der Waals surface area contributed by atoms with Crippen LogP contribution in [0.4, 0.5) is 0 Å². The molecular formula is C18H20ClNO2. The Kier molecular flexibility index (Phi) is 6.44. The van der Waals surface area contributed by atoms with Crippen molar-refractivity contribution in [1.29, 1.82) is 0 Å². The third-order valence-corrected chi connectivity index (χ3v) is 3.85. The highest BCUT2D eigenvalue weighted by Gasteiger charge is 2.12. The van der Waals surface area contributed by atoms with E-state index in [1.54, 1.807) is 24.3 Å². The number of amides is 1. The molecule has 1 amide bonds. The van der Waals surface area contributed by atoms with Crippen LogP contribution >= 0.6 is 11.6 Å². The average Bonchev–Trinajstić information content (AvgIpc) is 2.55. The van der Waals surface area contributed by atoms with E-state index in [1.165, 1.54) is 5.56 Å². The molecule has 2 N–H and O–H groups in total. The maximum Gasteiger partial charge on any atom is 0.251 e. The first-order chi connectivity index (χ1) is 10.7. The van der Waals surface area contributed by atoms with Crippen LogP contribution in [0.5, 0.6) is 0 Å². The molecule has 1 unspecified atom stereocenters. The lowest BCUT2D eigenvalue weighted by molar-refractivity contribution is 0.0952. The molecular weight excluding hydrogens is 298 g/mol. The normalized spacial score (nSPS) is 11.9. The molecule has 1 atom stereocenters. The summed E-state index contributed by atoms with van der Waals surface area (Å²) in [5.74, 6) is 0.115. The zero-order chi connectivity index (χ0) is 15.8. The average molecular weight is 318 g/mol. The van der Waals surface area contributed by atoms with Crippen molar-refractivity contribution in [2.75, 3.05) is 13.2 Å². The molecule has 0 saturated heterocycles. The maximum absolute atomic E-state index is 12.1. The molecule has 0 saturated carbocycles. The fraction of sp³-hybridized carbons (Fsp3) is 0.278. The number of rotatable bonds is 7. The summed E-state index contributed by atoms with van der Waals surface area (Å²) in [4.78, 5) is 12.1. The van der Waals surface area contributed by atoms with Crippen LogP contribution < -0.4 is 5.32 Å². The molecule has 0 radical (unpaired) electrons. The summed E-state index contributed by atoms with van der Waals surface area (Å²) in [6, 6.07) is 17.0. The van der Waals surface area contributed by atoms with Gasteiger partial charge in [-0.05, 0) is 42.5 Å². The SMILES string of the molecule is O=C(NCCC(CCO)c1ccccc1)c1cccc(Cl)c1. The zero-order valence-electron chi connectivity index (χ0n) is 12.3. The van der Waals surface area contributed by atoms with Gasteiger partial charge in [-0.3, -0.25) is 4.79 Å². The van der Waals surface area contributed by atoms with E-state index in [0.29, 0.717) is 23.6 Å². The standard InChI is InChI=1S/C18H20ClNO2/c19-17-8-4-7-16(13-17)18(22)20-11-9-15(10-12-21)14-5-2-1-3-6-14/h1-8,13,15,21H,9-12H2,(H,20,22). The second-order valence-electron chi connectivity index (χ2n) is 5.17. The third kappa shape index (κ3) is 4.86. The van der Waals surface area contributed by atoms with Crippen LogP contribution in [0.2, 0.25) is 5.02 Å². The fourth-order valence-corrected chi connectivity index (χ4v) is 2.64. The van der Waals surface area contributed by atoms with Gasteiger partial charge < -0.3 is 10.4 Å². The van der Waals surface area contributed by atoms with Gasteiger partial charge in [-0.25, -0.2) is 0 Å². The molecule has 0 aliphatic carbocycles. The number of hydrogen-bond acceptors (Lipinski definition) is 2. The van der Waals surface area contributed by atoms with Crippen molar-refractivity contribution in [3.8, 4) is 0 Å². The van der Waals surface area contributed by atoms with E-state index in [2.05, 4.69) is 17.4 Å². The fourth-order valence-electron chi connectivity index (χ4n) is 2.45. The Balaban J connectivity index is 1.89. The minimum Gasteiger partial charge on any atom is -0.396 e. The first-order valence-electron chi connectivity index (χ1n) is 7.40. The van der Waals surface area contributed by atoms with Crippen molar-refractivity contribution in [3.05, 3.63) is 70.7 Å². The molecule has 3 nitrogen and oxygen atoms in total. The first kappa shape index (κ1) is 16.5. The van der Waals surface area contributed by atoms with Gasteiger partial charge in [-0.2, -0.15) is 0 Å². The lowest BCUT2D eigenvalue weighted by Gasteiger charge is -2.16. The third-order valence-electron chi connectivity index (χ3n) is 3.61. The van der Waals surface area contributed by atoms with Gasteiger partial charge in [0.1, 0.15) is 0 Å². The van der Waals surface area contributed by atoms with E-state index in [9.17, 15) is 9.90 Å². The summed E-state index contributed by atoms with van der Waals surface area (Å²) < 4.78 is 0. The van der Waals surface area contributed by atoms with Gasteiger partial charge in [0.05, 0.1) is 0 Å². The van der Waals surface area contributed by atoms with E-state index < -0.39 is 0 Å². The van der Waals surface area contributed by atoms with E-state index >= 15 is 0 Å². The number of hydrogen-bond donors (Lipinski definition) is 2. The molecule has 0 aliphatic heterocycles. The Morgan fingerprint density at radius 3 is 2.55 bits per heavy atom. The highest BCUT2D eigenvalue weighted by molar-refractivity contribution is 6.30. The van der Waals surface area contributed by atoms with Crippen LogP contribution in [-0.2, 0) is 0 Å². The van der Waals surface area contributed by atoms with Crippen LogP contribution in [0.3, 0.4) is 0 Å². The largest absolute Gasteiger partial charge is 0.396 e. The number of benzene rings is 2. The van der Waals surface area contributed by atoms with Gasteiger partial charge in [0.15, 0.2) is 0 Å². The van der Waals surface area contributed by atoms with Crippen LogP contribution in [-0.4, -0.2) is 24.2 Å². The van der Waals surface area contributed by atoms with Gasteiger partial charge in [-0.1, -0.05) is 48.0 Å². The molecule has 0 bridgehead atoms. The summed E-state index contributed by atoms with van der Waals surface area (Å²) >= 11 is 5.89. The molecule has 116 valence electrons. The van der Waals surface area contributed by atoms with Crippen molar-refractivity contribution in [2.24, 2.45) is 0 Å². The minimum atomic E-state index is -0.127. The van der Waals surface area contributed by atoms with Crippen molar-refractivity contribution >= 4 is 17.5 Å². The number of aliphatic hydroxyl groups is 1. The molecule has 0 heterocycles. The molecule has 2 rings (SSSR count). The quantitative estimate of drug-likeness (QED) is 0.819. The summed E-state index contributed by atoms with van der Waals surface area (Å²) in [7, 11) is 0. The van der Waals surface area contributed by atoms with Crippen LogP contribution in [0, 0.1) is 0 Å². The van der Waals surface area contributed by atoms with E-state index in [0.717, 1.165) is 6.42 Å². The molecule has 0 aliphatic rings. The zero-order valence-corrected chi connectivity index (χ0v) is 13.1. The van der Waals surface area contributed by atoms with Crippen LogP contribution in [0.25, 0.3) is 0 Å². The lowest BCUT2D eigenvalue weighted by Crippen LogP contribution is -2.25. The summed E-state index contributed by atoms with van der Waals surface area (Å²) in [5.41, 5.74) is 1.75. The molecule has 0 spiro atoms. The van der Waals surface area contributed by atoms with Gasteiger partial charge in [-0.15, -0.1) is 0 Å². The Bertz CT molecular complexity index is 601. The number of carbonyl (C=O) groups excluding carboxylic acids is 1. The van der Waals surface area contributed by atoms with Gasteiger partial charge in [0.2, 0.25) is 0 Å². The molecule has 2 aromatic rings. The molecule has 0 aromatic heterocycles. The van der Waals surface area contributed by atoms with Crippen LogP contribution in [0.15, 0.2) is 54.6 Å². The number of halogens is 1. The maximum atomic E-state index is 12.1. The minimum absolute atomic E-state index is 0.127. The van der Waals surface area contributed by atoms with Crippen molar-refractivity contribution in [3.63, 3.8) is 0 Å². The highest BCUT2D eigenvalue weighted by Crippen LogP contribution is 2.22. The summed E-state index contributed by atoms with van der Waals surface area (Å²) in [6.45, 7) is 0.701. The number of carbonyl (C=O) groups is 1. The monoisotopic (exact) mass is 317 g/mol. The van der Waals surface area contributed by atoms with Crippen LogP contribution in [0.1, 0.15) is 34.7 Å². The Morgan fingerprint density at radius 1 is 1.09 bits per heavy atom. The number of nitrogens with one attached hydrogen (secondary N) is 1. The second kappa shape index (κ2) is 8.57. The second-order valence-corrected chi connectivity index (χ2v) is 5.61. The van der Waals surface area contributed by atoms with Gasteiger partial charge in [0.25, 0.3) is 5.91 Å². The first-order valence-corrected chi connectivity index (χ1v) is 7.78. The smallest absolute Gasteiger partial charge is 0.251 e. The van der Waals surface area contributed by atoms with E-state index in [-0.39, 0.29) is 18.4 Å². The Morgan fingerprint density at radius 2 is 1.86 bits per heavy atom. The highest BCUT2D eigenvalue weighted by atomic mass is 35.5. The van der Waals surface area contributed by atoms with Gasteiger partial charge >= 0.3 is 0 Å². The van der Waals surface area contributed by atoms with Crippen molar-refractivity contribution < 1.29 is 9.90 Å². The topological polar surface area (TPSA) is 49.3 Å². The van der Waals surface area contributed by atoms with Crippen molar-refractivity contribution in [2.45, 2.75) is 18.8 Å². The molecule has 22 heavy (non-hydrogen) atoms. The van der Waals surface area contributed by atoms with Crippen molar-refractivity contribution in [1.82, 2.24) is 5.32 Å². The predicted molar refractivity (Wildman–Crippen MR) is 89.3 cm³/mol. The Hall–Kier alpha value is -1.84. The molecule has 0 fully saturated rings. The predicted octanol–water partition coefficient (Wildman–Crippen LogP) is 3.63. The number of aliphatic hydroxyl groups excluding tert-OH is 1. The van der Waals surface area contributed by atoms with E-state index in [1.807, 2.05) is 18.2 Å². The summed E-state index contributed by atoms with van der Waals surface area (Å²) in [5, 5.41) is 12.7.